The van der Waals surface area contributed by atoms with Gasteiger partial charge in [-0.25, -0.2) is 8.42 Å². The van der Waals surface area contributed by atoms with Gasteiger partial charge in [0.05, 0.1) is 5.75 Å². The van der Waals surface area contributed by atoms with Gasteiger partial charge in [-0.3, -0.25) is 0 Å². The van der Waals surface area contributed by atoms with E-state index < -0.39 is 10.0 Å². The zero-order chi connectivity index (χ0) is 15.0. The molecule has 0 aliphatic heterocycles. The van der Waals surface area contributed by atoms with E-state index in [1.807, 2.05) is 11.4 Å². The fourth-order valence-corrected chi connectivity index (χ4v) is 3.61. The summed E-state index contributed by atoms with van der Waals surface area (Å²) in [6.45, 7) is 0.590. The molecule has 1 N–H and O–H groups in total. The highest BCUT2D eigenvalue weighted by Crippen LogP contribution is 2.17. The summed E-state index contributed by atoms with van der Waals surface area (Å²) in [6.07, 6.45) is 0.487. The number of thiophene rings is 1. The van der Waals surface area contributed by atoms with E-state index in [1.165, 1.54) is 15.6 Å². The molecule has 1 heterocycles. The third-order valence-electron chi connectivity index (χ3n) is 2.57. The van der Waals surface area contributed by atoms with Gasteiger partial charge in [-0.15, -0.1) is 11.3 Å². The lowest BCUT2D eigenvalue weighted by molar-refractivity contribution is 0.199. The number of aliphatic hydroxyl groups is 1. The normalized spacial score (nSPS) is 11.4. The van der Waals surface area contributed by atoms with E-state index in [2.05, 4.69) is 11.8 Å². The minimum atomic E-state index is -3.25. The smallest absolute Gasteiger partial charge is 0.214 e. The van der Waals surface area contributed by atoms with Crippen molar-refractivity contribution >= 4 is 21.4 Å². The van der Waals surface area contributed by atoms with Crippen LogP contribution in [-0.2, 0) is 21.3 Å². The third-order valence-corrected chi connectivity index (χ3v) is 5.37. The van der Waals surface area contributed by atoms with Crippen LogP contribution >= 0.6 is 11.3 Å². The van der Waals surface area contributed by atoms with Crippen molar-refractivity contribution in [1.29, 1.82) is 0 Å². The lowest BCUT2D eigenvalue weighted by Gasteiger charge is -2.15. The number of rotatable bonds is 7. The molecule has 0 bridgehead atoms. The third kappa shape index (κ3) is 5.61. The Morgan fingerprint density at radius 2 is 2.25 bits per heavy atom. The first-order valence-corrected chi connectivity index (χ1v) is 8.58. The number of ether oxygens (including phenoxy) is 1. The van der Waals surface area contributed by atoms with Crippen LogP contribution in [0.2, 0.25) is 0 Å². The predicted molar refractivity (Wildman–Crippen MR) is 80.0 cm³/mol. The van der Waals surface area contributed by atoms with Crippen LogP contribution in [0.3, 0.4) is 0 Å². The number of nitrogens with zero attached hydrogens (tertiary/aromatic N) is 1. The molecule has 0 saturated carbocycles. The maximum absolute atomic E-state index is 12.0. The lowest BCUT2D eigenvalue weighted by Crippen LogP contribution is -2.28. The molecule has 0 aliphatic rings. The van der Waals surface area contributed by atoms with Gasteiger partial charge >= 0.3 is 0 Å². The summed E-state index contributed by atoms with van der Waals surface area (Å²) in [4.78, 5) is 0.921. The first kappa shape index (κ1) is 17.1. The van der Waals surface area contributed by atoms with Gasteiger partial charge in [-0.05, 0) is 12.5 Å². The minimum absolute atomic E-state index is 0.0832. The average molecular weight is 317 g/mol. The van der Waals surface area contributed by atoms with Gasteiger partial charge < -0.3 is 9.84 Å². The molecule has 0 radical (unpaired) electrons. The van der Waals surface area contributed by atoms with Crippen LogP contribution in [0.15, 0.2) is 11.4 Å². The molecular weight excluding hydrogens is 298 g/mol. The molecule has 1 aromatic rings. The van der Waals surface area contributed by atoms with Crippen molar-refractivity contribution < 1.29 is 18.3 Å². The molecule has 1 aromatic heterocycles. The SMILES string of the molecule is COCCCS(=O)(=O)N(C)Cc1cc(C#CCO)cs1. The Morgan fingerprint density at radius 3 is 2.90 bits per heavy atom. The monoisotopic (exact) mass is 317 g/mol. The molecule has 0 fully saturated rings. The van der Waals surface area contributed by atoms with Gasteiger partial charge in [0.15, 0.2) is 0 Å². The summed E-state index contributed by atoms with van der Waals surface area (Å²) in [6, 6.07) is 1.84. The molecule has 0 amide bonds. The van der Waals surface area contributed by atoms with E-state index in [-0.39, 0.29) is 12.4 Å². The first-order chi connectivity index (χ1) is 9.49. The summed E-state index contributed by atoms with van der Waals surface area (Å²) in [5.41, 5.74) is 0.796. The fraction of sp³-hybridized carbons (Fsp3) is 0.538. The quantitative estimate of drug-likeness (QED) is 0.599. The van der Waals surface area contributed by atoms with E-state index in [9.17, 15) is 8.42 Å². The molecular formula is C13H19NO4S2. The van der Waals surface area contributed by atoms with Crippen molar-refractivity contribution in [3.63, 3.8) is 0 Å². The summed E-state index contributed by atoms with van der Waals surface area (Å²) in [5, 5.41) is 10.5. The molecule has 0 atom stereocenters. The standard InChI is InChI=1S/C13H19NO4S2/c1-14(20(16,17)8-4-7-18-2)10-13-9-12(11-19-13)5-3-6-15/h9,11,15H,4,6-8,10H2,1-2H3. The summed E-state index contributed by atoms with van der Waals surface area (Å²) in [5.74, 6) is 5.44. The Hall–Kier alpha value is -0.910. The van der Waals surface area contributed by atoms with E-state index in [0.717, 1.165) is 10.4 Å². The van der Waals surface area contributed by atoms with Crippen LogP contribution in [0, 0.1) is 11.8 Å². The second kappa shape index (κ2) is 8.39. The van der Waals surface area contributed by atoms with Crippen LogP contribution in [0.5, 0.6) is 0 Å². The number of aliphatic hydroxyl groups excluding tert-OH is 1. The minimum Gasteiger partial charge on any atom is -0.385 e. The molecule has 7 heteroatoms. The molecule has 0 unspecified atom stereocenters. The Kier molecular flexibility index (Phi) is 7.19. The van der Waals surface area contributed by atoms with Gasteiger partial charge in [0, 0.05) is 43.1 Å². The summed E-state index contributed by atoms with van der Waals surface area (Å²) >= 11 is 1.46. The molecule has 0 aromatic carbocycles. The van der Waals surface area contributed by atoms with Crippen molar-refractivity contribution in [3.8, 4) is 11.8 Å². The number of hydrogen-bond donors (Lipinski definition) is 1. The van der Waals surface area contributed by atoms with Crippen molar-refractivity contribution in [1.82, 2.24) is 4.31 Å². The predicted octanol–water partition coefficient (Wildman–Crippen LogP) is 0.890. The number of sulfonamides is 1. The Labute approximate surface area is 124 Å². The number of methoxy groups -OCH3 is 1. The van der Waals surface area contributed by atoms with E-state index in [1.54, 1.807) is 14.2 Å². The Balaban J connectivity index is 2.60. The number of hydrogen-bond acceptors (Lipinski definition) is 5. The highest BCUT2D eigenvalue weighted by atomic mass is 32.2. The zero-order valence-corrected chi connectivity index (χ0v) is 13.3. The maximum Gasteiger partial charge on any atom is 0.214 e. The van der Waals surface area contributed by atoms with Crippen LogP contribution in [0.1, 0.15) is 16.9 Å². The van der Waals surface area contributed by atoms with E-state index >= 15 is 0 Å². The largest absolute Gasteiger partial charge is 0.385 e. The lowest BCUT2D eigenvalue weighted by atomic mass is 10.3. The topological polar surface area (TPSA) is 66.8 Å². The summed E-state index contributed by atoms with van der Waals surface area (Å²) in [7, 11) is -0.132. The van der Waals surface area contributed by atoms with Gasteiger partial charge in [0.2, 0.25) is 10.0 Å². The van der Waals surface area contributed by atoms with E-state index in [4.69, 9.17) is 9.84 Å². The molecule has 0 saturated heterocycles. The summed E-state index contributed by atoms with van der Waals surface area (Å²) < 4.78 is 30.2. The maximum atomic E-state index is 12.0. The molecule has 0 aliphatic carbocycles. The second-order valence-corrected chi connectivity index (χ2v) is 7.37. The Morgan fingerprint density at radius 1 is 1.50 bits per heavy atom. The molecule has 112 valence electrons. The van der Waals surface area contributed by atoms with Gasteiger partial charge in [0.25, 0.3) is 0 Å². The molecule has 0 spiro atoms. The van der Waals surface area contributed by atoms with E-state index in [0.29, 0.717) is 19.6 Å². The Bertz CT molecular complexity index is 569. The zero-order valence-electron chi connectivity index (χ0n) is 11.6. The van der Waals surface area contributed by atoms with Crippen LogP contribution in [0.25, 0.3) is 0 Å². The van der Waals surface area contributed by atoms with Crippen molar-refractivity contribution in [2.45, 2.75) is 13.0 Å². The first-order valence-electron chi connectivity index (χ1n) is 6.09. The van der Waals surface area contributed by atoms with Crippen LogP contribution < -0.4 is 0 Å². The molecule has 20 heavy (non-hydrogen) atoms. The van der Waals surface area contributed by atoms with Gasteiger partial charge in [-0.1, -0.05) is 11.8 Å². The van der Waals surface area contributed by atoms with Gasteiger partial charge in [-0.2, -0.15) is 4.31 Å². The van der Waals surface area contributed by atoms with Crippen molar-refractivity contribution in [3.05, 3.63) is 21.9 Å². The fourth-order valence-electron chi connectivity index (χ4n) is 1.53. The van der Waals surface area contributed by atoms with Crippen LogP contribution in [-0.4, -0.2) is 51.0 Å². The second-order valence-electron chi connectivity index (χ2n) is 4.18. The average Bonchev–Trinajstić information content (AvgIpc) is 2.84. The molecule has 5 nitrogen and oxygen atoms in total. The molecule has 1 rings (SSSR count). The highest BCUT2D eigenvalue weighted by molar-refractivity contribution is 7.89. The van der Waals surface area contributed by atoms with Crippen molar-refractivity contribution in [2.75, 3.05) is 33.1 Å². The van der Waals surface area contributed by atoms with Crippen molar-refractivity contribution in [2.24, 2.45) is 0 Å². The highest BCUT2D eigenvalue weighted by Gasteiger charge is 2.18. The van der Waals surface area contributed by atoms with Gasteiger partial charge in [0.1, 0.15) is 6.61 Å². The van der Waals surface area contributed by atoms with Crippen LogP contribution in [0.4, 0.5) is 0 Å².